The fourth-order valence-electron chi connectivity index (χ4n) is 1.46. The molecule has 0 aromatic rings. The van der Waals surface area contributed by atoms with Crippen LogP contribution in [-0.4, -0.2) is 48.6 Å². The van der Waals surface area contributed by atoms with E-state index in [-0.39, 0.29) is 13.2 Å². The van der Waals surface area contributed by atoms with Crippen LogP contribution in [0.25, 0.3) is 0 Å². The van der Waals surface area contributed by atoms with Gasteiger partial charge in [0.25, 0.3) is 0 Å². The molecule has 0 spiro atoms. The number of hydrogen-bond donors (Lipinski definition) is 1. The van der Waals surface area contributed by atoms with Crippen molar-refractivity contribution in [2.45, 2.75) is 32.2 Å². The van der Waals surface area contributed by atoms with Gasteiger partial charge in [-0.1, -0.05) is 0 Å². The number of aliphatic hydroxyl groups excluding tert-OH is 1. The minimum absolute atomic E-state index is 0.128. The minimum Gasteiger partial charge on any atom is -0.456 e. The molecule has 0 amide bonds. The first-order valence-electron chi connectivity index (χ1n) is 4.61. The second-order valence-electron chi connectivity index (χ2n) is 3.28. The minimum atomic E-state index is -0.726. The average Bonchev–Trinajstić information content (AvgIpc) is 2.47. The molecule has 1 N–H and O–H groups in total. The summed E-state index contributed by atoms with van der Waals surface area (Å²) in [6.45, 7) is 2.35. The molecule has 1 fully saturated rings. The molecule has 2 unspecified atom stereocenters. The summed E-state index contributed by atoms with van der Waals surface area (Å²) < 4.78 is 15.0. The molecule has 1 heterocycles. The first-order chi connectivity index (χ1) is 7.04. The van der Waals surface area contributed by atoms with Crippen LogP contribution in [0.2, 0.25) is 0 Å². The second kappa shape index (κ2) is 5.09. The van der Waals surface area contributed by atoms with E-state index in [2.05, 4.69) is 0 Å². The molecule has 0 saturated carbocycles. The number of rotatable bonds is 3. The van der Waals surface area contributed by atoms with Gasteiger partial charge >= 0.3 is 11.9 Å². The van der Waals surface area contributed by atoms with Crippen molar-refractivity contribution in [2.75, 3.05) is 13.2 Å². The zero-order chi connectivity index (χ0) is 11.4. The predicted molar refractivity (Wildman–Crippen MR) is 47.9 cm³/mol. The Morgan fingerprint density at radius 1 is 1.33 bits per heavy atom. The maximum Gasteiger partial charge on any atom is 0.303 e. The van der Waals surface area contributed by atoms with Crippen LogP contribution >= 0.6 is 0 Å². The van der Waals surface area contributed by atoms with Crippen LogP contribution in [0.1, 0.15) is 13.8 Å². The Kier molecular flexibility index (Phi) is 4.05. The summed E-state index contributed by atoms with van der Waals surface area (Å²) in [6.07, 6.45) is -1.99. The molecular formula is C9H14O6. The lowest BCUT2D eigenvalue weighted by Crippen LogP contribution is -2.38. The lowest BCUT2D eigenvalue weighted by Gasteiger charge is -2.20. The van der Waals surface area contributed by atoms with E-state index in [0.29, 0.717) is 0 Å². The molecule has 0 radical (unpaired) electrons. The van der Waals surface area contributed by atoms with E-state index in [4.69, 9.17) is 19.3 Å². The van der Waals surface area contributed by atoms with Crippen LogP contribution in [0.5, 0.6) is 0 Å². The molecule has 1 aliphatic heterocycles. The molecule has 6 heteroatoms. The van der Waals surface area contributed by atoms with Gasteiger partial charge in [0.15, 0.2) is 12.2 Å². The van der Waals surface area contributed by atoms with Crippen molar-refractivity contribution in [3.8, 4) is 0 Å². The van der Waals surface area contributed by atoms with Crippen molar-refractivity contribution in [2.24, 2.45) is 0 Å². The smallest absolute Gasteiger partial charge is 0.303 e. The van der Waals surface area contributed by atoms with E-state index < -0.39 is 30.3 Å². The van der Waals surface area contributed by atoms with E-state index in [9.17, 15) is 9.59 Å². The lowest BCUT2D eigenvalue weighted by atomic mass is 10.1. The summed E-state index contributed by atoms with van der Waals surface area (Å²) in [5.41, 5.74) is 0. The number of carbonyl (C=O) groups excluding carboxylic acids is 2. The first kappa shape index (κ1) is 11.9. The summed E-state index contributed by atoms with van der Waals surface area (Å²) in [7, 11) is 0. The SMILES string of the molecule is CC(=O)OC1CO[C@@H](CO)C1OC(C)=O. The van der Waals surface area contributed by atoms with Gasteiger partial charge in [0.05, 0.1) is 13.2 Å². The normalized spacial score (nSPS) is 29.9. The molecule has 1 aliphatic rings. The summed E-state index contributed by atoms with van der Waals surface area (Å²) in [4.78, 5) is 21.5. The average molecular weight is 218 g/mol. The molecule has 0 aliphatic carbocycles. The first-order valence-corrected chi connectivity index (χ1v) is 4.61. The second-order valence-corrected chi connectivity index (χ2v) is 3.28. The quantitative estimate of drug-likeness (QED) is 0.627. The van der Waals surface area contributed by atoms with Gasteiger partial charge in [-0.05, 0) is 0 Å². The molecular weight excluding hydrogens is 204 g/mol. The Morgan fingerprint density at radius 2 is 1.93 bits per heavy atom. The third-order valence-corrected chi connectivity index (χ3v) is 2.01. The van der Waals surface area contributed by atoms with E-state index >= 15 is 0 Å². The van der Waals surface area contributed by atoms with E-state index in [0.717, 1.165) is 0 Å². The van der Waals surface area contributed by atoms with Gasteiger partial charge in [-0.3, -0.25) is 9.59 Å². The van der Waals surface area contributed by atoms with Crippen molar-refractivity contribution in [3.05, 3.63) is 0 Å². The molecule has 3 atom stereocenters. The Hall–Kier alpha value is -1.14. The number of carbonyl (C=O) groups is 2. The van der Waals surface area contributed by atoms with Crippen molar-refractivity contribution in [1.29, 1.82) is 0 Å². The monoisotopic (exact) mass is 218 g/mol. The standard InChI is InChI=1S/C9H14O6/c1-5(11)14-8-4-13-7(3-10)9(8)15-6(2)12/h7-10H,3-4H2,1-2H3/t7-,8?,9?/m0/s1. The molecule has 1 saturated heterocycles. The van der Waals surface area contributed by atoms with Crippen LogP contribution < -0.4 is 0 Å². The summed E-state index contributed by atoms with van der Waals surface area (Å²) in [6, 6.07) is 0. The van der Waals surface area contributed by atoms with Gasteiger partial charge in [-0.25, -0.2) is 0 Å². The van der Waals surface area contributed by atoms with Gasteiger partial charge < -0.3 is 19.3 Å². The summed E-state index contributed by atoms with van der Waals surface area (Å²) in [5.74, 6) is -0.972. The van der Waals surface area contributed by atoms with E-state index in [1.165, 1.54) is 13.8 Å². The predicted octanol–water partition coefficient (Wildman–Crippen LogP) is -0.759. The van der Waals surface area contributed by atoms with Crippen LogP contribution in [0.4, 0.5) is 0 Å². The highest BCUT2D eigenvalue weighted by Crippen LogP contribution is 2.20. The number of ether oxygens (including phenoxy) is 3. The van der Waals surface area contributed by atoms with Crippen LogP contribution in [0, 0.1) is 0 Å². The van der Waals surface area contributed by atoms with Crippen LogP contribution in [0.3, 0.4) is 0 Å². The van der Waals surface area contributed by atoms with Gasteiger partial charge in [-0.2, -0.15) is 0 Å². The Morgan fingerprint density at radius 3 is 2.40 bits per heavy atom. The van der Waals surface area contributed by atoms with Crippen molar-refractivity contribution >= 4 is 11.9 Å². The maximum atomic E-state index is 10.8. The summed E-state index contributed by atoms with van der Waals surface area (Å²) in [5, 5.41) is 8.94. The topological polar surface area (TPSA) is 82.1 Å². The third-order valence-electron chi connectivity index (χ3n) is 2.01. The van der Waals surface area contributed by atoms with Gasteiger partial charge in [0.1, 0.15) is 6.10 Å². The fraction of sp³-hybridized carbons (Fsp3) is 0.778. The zero-order valence-electron chi connectivity index (χ0n) is 8.63. The highest BCUT2D eigenvalue weighted by Gasteiger charge is 2.41. The number of esters is 2. The highest BCUT2D eigenvalue weighted by atomic mass is 16.6. The summed E-state index contributed by atoms with van der Waals surface area (Å²) >= 11 is 0. The zero-order valence-corrected chi connectivity index (χ0v) is 8.63. The van der Waals surface area contributed by atoms with Crippen molar-refractivity contribution in [3.63, 3.8) is 0 Å². The largest absolute Gasteiger partial charge is 0.456 e. The third kappa shape index (κ3) is 3.17. The van der Waals surface area contributed by atoms with Crippen molar-refractivity contribution < 1.29 is 28.9 Å². The van der Waals surface area contributed by atoms with Gasteiger partial charge in [0, 0.05) is 13.8 Å². The molecule has 15 heavy (non-hydrogen) atoms. The maximum absolute atomic E-state index is 10.8. The van der Waals surface area contributed by atoms with E-state index in [1.807, 2.05) is 0 Å². The Bertz CT molecular complexity index is 251. The van der Waals surface area contributed by atoms with Gasteiger partial charge in [-0.15, -0.1) is 0 Å². The fourth-order valence-corrected chi connectivity index (χ4v) is 1.46. The van der Waals surface area contributed by atoms with Crippen molar-refractivity contribution in [1.82, 2.24) is 0 Å². The van der Waals surface area contributed by atoms with Crippen LogP contribution in [-0.2, 0) is 23.8 Å². The molecule has 0 bridgehead atoms. The van der Waals surface area contributed by atoms with Crippen LogP contribution in [0.15, 0.2) is 0 Å². The molecule has 86 valence electrons. The molecule has 1 rings (SSSR count). The molecule has 0 aromatic heterocycles. The Balaban J connectivity index is 2.62. The Labute approximate surface area is 87.1 Å². The van der Waals surface area contributed by atoms with E-state index in [1.54, 1.807) is 0 Å². The number of hydrogen-bond acceptors (Lipinski definition) is 6. The van der Waals surface area contributed by atoms with Gasteiger partial charge in [0.2, 0.25) is 0 Å². The molecule has 0 aromatic carbocycles. The number of aliphatic hydroxyl groups is 1. The molecule has 6 nitrogen and oxygen atoms in total. The highest BCUT2D eigenvalue weighted by molar-refractivity contribution is 5.67. The lowest BCUT2D eigenvalue weighted by molar-refractivity contribution is -0.163.